The zero-order valence-electron chi connectivity index (χ0n) is 14.1. The Kier molecular flexibility index (Phi) is 5.54. The highest BCUT2D eigenvalue weighted by Crippen LogP contribution is 2.35. The van der Waals surface area contributed by atoms with Gasteiger partial charge in [0.1, 0.15) is 5.82 Å². The van der Waals surface area contributed by atoms with Crippen LogP contribution in [0.2, 0.25) is 0 Å². The van der Waals surface area contributed by atoms with Crippen LogP contribution in [0.5, 0.6) is 0 Å². The second kappa shape index (κ2) is 7.67. The number of rotatable bonds is 4. The van der Waals surface area contributed by atoms with Crippen molar-refractivity contribution in [1.82, 2.24) is 5.32 Å². The van der Waals surface area contributed by atoms with Crippen LogP contribution in [0.3, 0.4) is 0 Å². The Hall–Kier alpha value is -1.72. The van der Waals surface area contributed by atoms with Crippen molar-refractivity contribution in [3.8, 4) is 0 Å². The van der Waals surface area contributed by atoms with E-state index < -0.39 is 0 Å². The molecule has 25 heavy (non-hydrogen) atoms. The van der Waals surface area contributed by atoms with Crippen molar-refractivity contribution in [2.45, 2.75) is 25.2 Å². The normalized spacial score (nSPS) is 16.4. The zero-order valence-corrected chi connectivity index (χ0v) is 15.7. The van der Waals surface area contributed by atoms with Crippen LogP contribution in [0.25, 0.3) is 0 Å². The molecule has 0 aliphatic carbocycles. The second-order valence-electron chi connectivity index (χ2n) is 6.55. The van der Waals surface area contributed by atoms with E-state index in [-0.39, 0.29) is 17.1 Å². The Labute approximate surface area is 155 Å². The van der Waals surface area contributed by atoms with E-state index in [0.717, 1.165) is 17.3 Å². The van der Waals surface area contributed by atoms with Crippen molar-refractivity contribution < 1.29 is 13.9 Å². The van der Waals surface area contributed by atoms with Gasteiger partial charge in [-0.2, -0.15) is 0 Å². The van der Waals surface area contributed by atoms with Gasteiger partial charge >= 0.3 is 0 Å². The molecule has 3 nitrogen and oxygen atoms in total. The largest absolute Gasteiger partial charge is 0.381 e. The average molecular weight is 406 g/mol. The van der Waals surface area contributed by atoms with Gasteiger partial charge in [0.05, 0.1) is 0 Å². The van der Waals surface area contributed by atoms with Gasteiger partial charge in [-0.3, -0.25) is 4.79 Å². The topological polar surface area (TPSA) is 38.3 Å². The molecule has 0 aromatic heterocycles. The van der Waals surface area contributed by atoms with E-state index in [1.165, 1.54) is 17.7 Å². The Morgan fingerprint density at radius 2 is 1.88 bits per heavy atom. The van der Waals surface area contributed by atoms with Crippen LogP contribution in [0.1, 0.15) is 34.3 Å². The van der Waals surface area contributed by atoms with Crippen LogP contribution >= 0.6 is 15.9 Å². The molecule has 3 rings (SSSR count). The molecule has 0 saturated carbocycles. The molecule has 132 valence electrons. The van der Waals surface area contributed by atoms with Crippen LogP contribution in [0, 0.1) is 12.7 Å². The van der Waals surface area contributed by atoms with E-state index in [0.29, 0.717) is 30.9 Å². The summed E-state index contributed by atoms with van der Waals surface area (Å²) in [7, 11) is 0. The summed E-state index contributed by atoms with van der Waals surface area (Å²) >= 11 is 3.47. The molecule has 1 N–H and O–H groups in total. The number of hydrogen-bond acceptors (Lipinski definition) is 2. The van der Waals surface area contributed by atoms with E-state index in [9.17, 15) is 9.18 Å². The maximum atomic E-state index is 13.4. The molecule has 2 aromatic carbocycles. The molecule has 0 unspecified atom stereocenters. The lowest BCUT2D eigenvalue weighted by Gasteiger charge is -2.38. The van der Waals surface area contributed by atoms with Gasteiger partial charge in [0.25, 0.3) is 5.91 Å². The number of nitrogens with one attached hydrogen (secondary N) is 1. The Morgan fingerprint density at radius 3 is 2.52 bits per heavy atom. The third-order valence-electron chi connectivity index (χ3n) is 4.91. The number of aryl methyl sites for hydroxylation is 1. The Bertz CT molecular complexity index is 755. The summed E-state index contributed by atoms with van der Waals surface area (Å²) in [6.45, 7) is 3.56. The molecule has 0 spiro atoms. The number of amides is 1. The number of benzene rings is 2. The first-order valence-electron chi connectivity index (χ1n) is 8.38. The standard InChI is InChI=1S/C20H21BrFNO2/c1-14-12-15(2-7-18(14)22)19(24)23-13-20(8-10-25-11-9-20)16-3-5-17(21)6-4-16/h2-7,12H,8-11,13H2,1H3,(H,23,24). The van der Waals surface area contributed by atoms with Crippen LogP contribution in [0.4, 0.5) is 4.39 Å². The van der Waals surface area contributed by atoms with E-state index in [4.69, 9.17) is 4.74 Å². The van der Waals surface area contributed by atoms with E-state index in [1.54, 1.807) is 13.0 Å². The van der Waals surface area contributed by atoms with Gasteiger partial charge < -0.3 is 10.1 Å². The van der Waals surface area contributed by atoms with Crippen molar-refractivity contribution in [1.29, 1.82) is 0 Å². The van der Waals surface area contributed by atoms with E-state index >= 15 is 0 Å². The van der Waals surface area contributed by atoms with Crippen molar-refractivity contribution in [2.75, 3.05) is 19.8 Å². The highest BCUT2D eigenvalue weighted by Gasteiger charge is 2.34. The van der Waals surface area contributed by atoms with Crippen molar-refractivity contribution in [2.24, 2.45) is 0 Å². The van der Waals surface area contributed by atoms with Gasteiger partial charge in [-0.15, -0.1) is 0 Å². The molecule has 1 aliphatic heterocycles. The highest BCUT2D eigenvalue weighted by atomic mass is 79.9. The molecule has 0 bridgehead atoms. The molecule has 0 radical (unpaired) electrons. The fourth-order valence-corrected chi connectivity index (χ4v) is 3.53. The molecular weight excluding hydrogens is 385 g/mol. The summed E-state index contributed by atoms with van der Waals surface area (Å²) in [4.78, 5) is 12.5. The minimum absolute atomic E-state index is 0.135. The fourth-order valence-electron chi connectivity index (χ4n) is 3.27. The lowest BCUT2D eigenvalue weighted by Crippen LogP contribution is -2.44. The second-order valence-corrected chi connectivity index (χ2v) is 7.46. The van der Waals surface area contributed by atoms with E-state index in [2.05, 4.69) is 33.4 Å². The summed E-state index contributed by atoms with van der Waals surface area (Å²) in [6.07, 6.45) is 1.72. The van der Waals surface area contributed by atoms with Crippen LogP contribution in [-0.4, -0.2) is 25.7 Å². The number of hydrogen-bond donors (Lipinski definition) is 1. The monoisotopic (exact) mass is 405 g/mol. The first-order valence-corrected chi connectivity index (χ1v) is 9.18. The molecule has 1 heterocycles. The summed E-state index contributed by atoms with van der Waals surface area (Å²) < 4.78 is 20.0. The van der Waals surface area contributed by atoms with Crippen LogP contribution < -0.4 is 5.32 Å². The zero-order chi connectivity index (χ0) is 17.9. The number of ether oxygens (including phenoxy) is 1. The smallest absolute Gasteiger partial charge is 0.251 e. The molecule has 1 amide bonds. The fraction of sp³-hybridized carbons (Fsp3) is 0.350. The lowest BCUT2D eigenvalue weighted by atomic mass is 9.74. The first-order chi connectivity index (χ1) is 12.0. The summed E-state index contributed by atoms with van der Waals surface area (Å²) in [5.41, 5.74) is 2.02. The summed E-state index contributed by atoms with van der Waals surface area (Å²) in [5, 5.41) is 3.04. The van der Waals surface area contributed by atoms with Gasteiger partial charge in [0, 0.05) is 35.2 Å². The average Bonchev–Trinajstić information content (AvgIpc) is 2.63. The van der Waals surface area contributed by atoms with Crippen LogP contribution in [0.15, 0.2) is 46.9 Å². The van der Waals surface area contributed by atoms with Gasteiger partial charge in [0.15, 0.2) is 0 Å². The molecule has 2 aromatic rings. The highest BCUT2D eigenvalue weighted by molar-refractivity contribution is 9.10. The molecule has 1 saturated heterocycles. The number of carbonyl (C=O) groups excluding carboxylic acids is 1. The van der Waals surface area contributed by atoms with Gasteiger partial charge in [0.2, 0.25) is 0 Å². The minimum atomic E-state index is -0.299. The predicted octanol–water partition coefficient (Wildman–Crippen LogP) is 4.37. The molecule has 0 atom stereocenters. The van der Waals surface area contributed by atoms with Crippen molar-refractivity contribution >= 4 is 21.8 Å². The van der Waals surface area contributed by atoms with Crippen molar-refractivity contribution in [3.05, 3.63) is 69.4 Å². The molecule has 1 aliphatic rings. The number of carbonyl (C=O) groups is 1. The third kappa shape index (κ3) is 4.10. The van der Waals surface area contributed by atoms with Crippen LogP contribution in [-0.2, 0) is 10.2 Å². The van der Waals surface area contributed by atoms with Gasteiger partial charge in [-0.05, 0) is 61.2 Å². The quantitative estimate of drug-likeness (QED) is 0.819. The summed E-state index contributed by atoms with van der Waals surface area (Å²) in [5.74, 6) is -0.474. The molecular formula is C20H21BrFNO2. The van der Waals surface area contributed by atoms with E-state index in [1.807, 2.05) is 12.1 Å². The third-order valence-corrected chi connectivity index (χ3v) is 5.44. The lowest BCUT2D eigenvalue weighted by molar-refractivity contribution is 0.0487. The van der Waals surface area contributed by atoms with Gasteiger partial charge in [-0.25, -0.2) is 4.39 Å². The first kappa shape index (κ1) is 18.1. The molecule has 5 heteroatoms. The minimum Gasteiger partial charge on any atom is -0.381 e. The SMILES string of the molecule is Cc1cc(C(=O)NCC2(c3ccc(Br)cc3)CCOCC2)ccc1F. The number of halogens is 2. The van der Waals surface area contributed by atoms with Crippen molar-refractivity contribution in [3.63, 3.8) is 0 Å². The predicted molar refractivity (Wildman–Crippen MR) is 99.3 cm³/mol. The Morgan fingerprint density at radius 1 is 1.20 bits per heavy atom. The maximum absolute atomic E-state index is 13.4. The maximum Gasteiger partial charge on any atom is 0.251 e. The summed E-state index contributed by atoms with van der Waals surface area (Å²) in [6, 6.07) is 12.7. The van der Waals surface area contributed by atoms with Gasteiger partial charge in [-0.1, -0.05) is 28.1 Å². The molecule has 1 fully saturated rings. The Balaban J connectivity index is 1.77.